The molecular formula is C10H21N5. The summed E-state index contributed by atoms with van der Waals surface area (Å²) in [5, 5.41) is 15.1. The molecule has 0 aromatic carbocycles. The highest BCUT2D eigenvalue weighted by atomic mass is 15.6. The highest BCUT2D eigenvalue weighted by Gasteiger charge is 2.15. The fourth-order valence-electron chi connectivity index (χ4n) is 1.30. The molecule has 86 valence electrons. The van der Waals surface area contributed by atoms with E-state index >= 15 is 0 Å². The summed E-state index contributed by atoms with van der Waals surface area (Å²) >= 11 is 0. The number of nitrogens with zero attached hydrogens (tertiary/aromatic N) is 4. The van der Waals surface area contributed by atoms with E-state index in [-0.39, 0.29) is 0 Å². The molecule has 5 nitrogen and oxygen atoms in total. The molecule has 1 unspecified atom stereocenters. The standard InChI is InChI=1S/C10H21N5/c1-5-6-11-7-10-12-13-14-15(10)9(4)8(2)3/h8-9,11H,5-7H2,1-4H3. The molecule has 1 heterocycles. The zero-order valence-electron chi connectivity index (χ0n) is 10.1. The van der Waals surface area contributed by atoms with Gasteiger partial charge < -0.3 is 5.32 Å². The second-order valence-electron chi connectivity index (χ2n) is 4.20. The first-order chi connectivity index (χ1) is 7.16. The normalized spacial score (nSPS) is 13.4. The summed E-state index contributed by atoms with van der Waals surface area (Å²) in [6.07, 6.45) is 1.13. The number of rotatable bonds is 6. The summed E-state index contributed by atoms with van der Waals surface area (Å²) in [4.78, 5) is 0. The van der Waals surface area contributed by atoms with Crippen molar-refractivity contribution in [2.24, 2.45) is 5.92 Å². The molecule has 0 saturated carbocycles. The molecule has 1 N–H and O–H groups in total. The van der Waals surface area contributed by atoms with E-state index in [0.29, 0.717) is 12.0 Å². The molecule has 0 aliphatic rings. The van der Waals surface area contributed by atoms with Gasteiger partial charge in [-0.05, 0) is 36.2 Å². The third-order valence-electron chi connectivity index (χ3n) is 2.62. The lowest BCUT2D eigenvalue weighted by molar-refractivity contribution is 0.354. The van der Waals surface area contributed by atoms with Crippen LogP contribution >= 0.6 is 0 Å². The SMILES string of the molecule is CCCNCc1nnnn1C(C)C(C)C. The van der Waals surface area contributed by atoms with E-state index in [9.17, 15) is 0 Å². The van der Waals surface area contributed by atoms with Crippen LogP contribution in [0.5, 0.6) is 0 Å². The fourth-order valence-corrected chi connectivity index (χ4v) is 1.30. The molecule has 0 spiro atoms. The van der Waals surface area contributed by atoms with E-state index in [2.05, 4.69) is 48.5 Å². The minimum atomic E-state index is 0.346. The zero-order chi connectivity index (χ0) is 11.3. The van der Waals surface area contributed by atoms with Gasteiger partial charge in [-0.3, -0.25) is 0 Å². The van der Waals surface area contributed by atoms with Gasteiger partial charge in [-0.25, -0.2) is 4.68 Å². The second-order valence-corrected chi connectivity index (χ2v) is 4.20. The largest absolute Gasteiger partial charge is 0.310 e. The molecule has 0 aliphatic carbocycles. The third kappa shape index (κ3) is 3.27. The summed E-state index contributed by atoms with van der Waals surface area (Å²) in [6, 6.07) is 0.346. The molecule has 0 aliphatic heterocycles. The summed E-state index contributed by atoms with van der Waals surface area (Å²) in [6.45, 7) is 10.4. The van der Waals surface area contributed by atoms with E-state index in [4.69, 9.17) is 0 Å². The van der Waals surface area contributed by atoms with Crippen LogP contribution in [0.3, 0.4) is 0 Å². The maximum absolute atomic E-state index is 4.03. The van der Waals surface area contributed by atoms with Crippen molar-refractivity contribution in [2.75, 3.05) is 6.54 Å². The molecule has 5 heteroatoms. The van der Waals surface area contributed by atoms with Crippen molar-refractivity contribution >= 4 is 0 Å². The van der Waals surface area contributed by atoms with Crippen molar-refractivity contribution in [3.63, 3.8) is 0 Å². The van der Waals surface area contributed by atoms with Gasteiger partial charge in [0.15, 0.2) is 5.82 Å². The lowest BCUT2D eigenvalue weighted by Crippen LogP contribution is -2.21. The number of tetrazole rings is 1. The fraction of sp³-hybridized carbons (Fsp3) is 0.900. The van der Waals surface area contributed by atoms with Gasteiger partial charge in [-0.2, -0.15) is 0 Å². The van der Waals surface area contributed by atoms with Crippen LogP contribution in [0.1, 0.15) is 46.0 Å². The molecule has 1 atom stereocenters. The molecule has 1 rings (SSSR count). The molecule has 0 fully saturated rings. The van der Waals surface area contributed by atoms with Crippen LogP contribution in [0.15, 0.2) is 0 Å². The van der Waals surface area contributed by atoms with E-state index in [1.807, 2.05) is 4.68 Å². The Hall–Kier alpha value is -0.970. The number of hydrogen-bond acceptors (Lipinski definition) is 4. The smallest absolute Gasteiger partial charge is 0.165 e. The first kappa shape index (κ1) is 12.1. The molecule has 0 amide bonds. The van der Waals surface area contributed by atoms with Crippen LogP contribution in [0, 0.1) is 5.92 Å². The van der Waals surface area contributed by atoms with Crippen LogP contribution < -0.4 is 5.32 Å². The average Bonchev–Trinajstić information content (AvgIpc) is 2.65. The molecule has 0 saturated heterocycles. The summed E-state index contributed by atoms with van der Waals surface area (Å²) in [5.41, 5.74) is 0. The van der Waals surface area contributed by atoms with Crippen molar-refractivity contribution in [3.05, 3.63) is 5.82 Å². The van der Waals surface area contributed by atoms with E-state index in [1.165, 1.54) is 0 Å². The Kier molecular flexibility index (Phi) is 4.68. The van der Waals surface area contributed by atoms with Crippen molar-refractivity contribution in [1.82, 2.24) is 25.5 Å². The van der Waals surface area contributed by atoms with Gasteiger partial charge in [0.2, 0.25) is 0 Å². The highest BCUT2D eigenvalue weighted by Crippen LogP contribution is 2.15. The molecule has 15 heavy (non-hydrogen) atoms. The Morgan fingerprint density at radius 3 is 2.67 bits per heavy atom. The Balaban J connectivity index is 2.60. The predicted octanol–water partition coefficient (Wildman–Crippen LogP) is 1.39. The van der Waals surface area contributed by atoms with Crippen LogP contribution in [0.25, 0.3) is 0 Å². The lowest BCUT2D eigenvalue weighted by atomic mass is 10.1. The number of nitrogens with one attached hydrogen (secondary N) is 1. The van der Waals surface area contributed by atoms with Gasteiger partial charge in [-0.15, -0.1) is 5.10 Å². The van der Waals surface area contributed by atoms with Gasteiger partial charge in [0.25, 0.3) is 0 Å². The first-order valence-corrected chi connectivity index (χ1v) is 5.64. The van der Waals surface area contributed by atoms with Crippen molar-refractivity contribution < 1.29 is 0 Å². The van der Waals surface area contributed by atoms with E-state index in [0.717, 1.165) is 25.3 Å². The third-order valence-corrected chi connectivity index (χ3v) is 2.62. The predicted molar refractivity (Wildman–Crippen MR) is 59.4 cm³/mol. The van der Waals surface area contributed by atoms with Crippen LogP contribution in [-0.2, 0) is 6.54 Å². The van der Waals surface area contributed by atoms with Crippen LogP contribution in [0.2, 0.25) is 0 Å². The molecule has 0 radical (unpaired) electrons. The topological polar surface area (TPSA) is 55.6 Å². The Bertz CT molecular complexity index is 281. The molecule has 1 aromatic rings. The maximum atomic E-state index is 4.03. The van der Waals surface area contributed by atoms with Crippen molar-refractivity contribution in [1.29, 1.82) is 0 Å². The monoisotopic (exact) mass is 211 g/mol. The van der Waals surface area contributed by atoms with Gasteiger partial charge in [-0.1, -0.05) is 20.8 Å². The van der Waals surface area contributed by atoms with E-state index < -0.39 is 0 Å². The Morgan fingerprint density at radius 1 is 1.33 bits per heavy atom. The average molecular weight is 211 g/mol. The minimum absolute atomic E-state index is 0.346. The Labute approximate surface area is 91.2 Å². The molecule has 1 aromatic heterocycles. The quantitative estimate of drug-likeness (QED) is 0.722. The summed E-state index contributed by atoms with van der Waals surface area (Å²) in [5.74, 6) is 1.46. The van der Waals surface area contributed by atoms with Crippen LogP contribution in [0.4, 0.5) is 0 Å². The van der Waals surface area contributed by atoms with Gasteiger partial charge in [0.05, 0.1) is 12.6 Å². The highest BCUT2D eigenvalue weighted by molar-refractivity contribution is 4.83. The molecule has 0 bridgehead atoms. The van der Waals surface area contributed by atoms with Crippen molar-refractivity contribution in [2.45, 2.75) is 46.7 Å². The minimum Gasteiger partial charge on any atom is -0.310 e. The maximum Gasteiger partial charge on any atom is 0.165 e. The zero-order valence-corrected chi connectivity index (χ0v) is 10.1. The summed E-state index contributed by atoms with van der Waals surface area (Å²) in [7, 11) is 0. The van der Waals surface area contributed by atoms with Crippen molar-refractivity contribution in [3.8, 4) is 0 Å². The molecular weight excluding hydrogens is 190 g/mol. The summed E-state index contributed by atoms with van der Waals surface area (Å²) < 4.78 is 1.91. The van der Waals surface area contributed by atoms with Gasteiger partial charge in [0, 0.05) is 0 Å². The first-order valence-electron chi connectivity index (χ1n) is 5.64. The number of aromatic nitrogens is 4. The van der Waals surface area contributed by atoms with Crippen LogP contribution in [-0.4, -0.2) is 26.8 Å². The van der Waals surface area contributed by atoms with E-state index in [1.54, 1.807) is 0 Å². The lowest BCUT2D eigenvalue weighted by Gasteiger charge is -2.16. The van der Waals surface area contributed by atoms with Gasteiger partial charge >= 0.3 is 0 Å². The Morgan fingerprint density at radius 2 is 2.07 bits per heavy atom. The number of hydrogen-bond donors (Lipinski definition) is 1. The van der Waals surface area contributed by atoms with Gasteiger partial charge in [0.1, 0.15) is 0 Å². The second kappa shape index (κ2) is 5.80.